The van der Waals surface area contributed by atoms with Gasteiger partial charge in [0.1, 0.15) is 6.10 Å². The number of methoxy groups -OCH3 is 1. The molecule has 12 heavy (non-hydrogen) atoms. The van der Waals surface area contributed by atoms with E-state index in [9.17, 15) is 4.79 Å². The lowest BCUT2D eigenvalue weighted by molar-refractivity contribution is -0.156. The summed E-state index contributed by atoms with van der Waals surface area (Å²) >= 11 is 0. The van der Waals surface area contributed by atoms with Gasteiger partial charge in [0.05, 0.1) is 6.61 Å². The minimum absolute atomic E-state index is 0.270. The maximum atomic E-state index is 10.5. The van der Waals surface area contributed by atoms with Crippen molar-refractivity contribution in [2.24, 2.45) is 0 Å². The molecule has 0 amide bonds. The third-order valence-corrected chi connectivity index (χ3v) is 1.46. The molecule has 0 saturated carbocycles. The van der Waals surface area contributed by atoms with Gasteiger partial charge < -0.3 is 14.2 Å². The highest BCUT2D eigenvalue weighted by Gasteiger charge is 2.16. The molecular weight excluding hydrogens is 160 g/mol. The first-order valence-corrected chi connectivity index (χ1v) is 3.72. The first-order chi connectivity index (χ1) is 5.72. The van der Waals surface area contributed by atoms with Gasteiger partial charge in [0, 0.05) is 14.0 Å². The van der Waals surface area contributed by atoms with Crippen LogP contribution >= 0.6 is 0 Å². The Morgan fingerprint density at radius 3 is 2.75 bits per heavy atom. The van der Waals surface area contributed by atoms with Crippen molar-refractivity contribution >= 4 is 5.97 Å². The molecule has 1 rings (SSSR count). The van der Waals surface area contributed by atoms with Crippen molar-refractivity contribution in [3.63, 3.8) is 0 Å². The van der Waals surface area contributed by atoms with E-state index in [0.717, 1.165) is 0 Å². The molecule has 1 aliphatic rings. The normalized spacial score (nSPS) is 28.5. The second kappa shape index (κ2) is 4.23. The van der Waals surface area contributed by atoms with Gasteiger partial charge in [-0.25, -0.2) is 0 Å². The van der Waals surface area contributed by atoms with Crippen LogP contribution in [0.25, 0.3) is 0 Å². The molecule has 1 aliphatic heterocycles. The number of esters is 1. The second-order valence-corrected chi connectivity index (χ2v) is 2.47. The van der Waals surface area contributed by atoms with E-state index in [1.165, 1.54) is 6.92 Å². The third-order valence-electron chi connectivity index (χ3n) is 1.46. The van der Waals surface area contributed by atoms with Gasteiger partial charge in [-0.2, -0.15) is 0 Å². The molecule has 0 aromatic heterocycles. The van der Waals surface area contributed by atoms with Crippen molar-refractivity contribution in [3.8, 4) is 0 Å². The van der Waals surface area contributed by atoms with Crippen LogP contribution in [-0.4, -0.2) is 32.1 Å². The Kier molecular flexibility index (Phi) is 3.25. The minimum Gasteiger partial charge on any atom is -0.456 e. The van der Waals surface area contributed by atoms with Crippen LogP contribution in [-0.2, 0) is 19.0 Å². The van der Waals surface area contributed by atoms with E-state index in [4.69, 9.17) is 14.2 Å². The van der Waals surface area contributed by atoms with Crippen molar-refractivity contribution in [2.45, 2.75) is 19.3 Å². The summed E-state index contributed by atoms with van der Waals surface area (Å²) in [5, 5.41) is 0. The first-order valence-electron chi connectivity index (χ1n) is 3.72. The van der Waals surface area contributed by atoms with E-state index in [1.54, 1.807) is 19.3 Å². The number of hydrogen-bond acceptors (Lipinski definition) is 4. The summed E-state index contributed by atoms with van der Waals surface area (Å²) in [4.78, 5) is 10.5. The van der Waals surface area contributed by atoms with Crippen LogP contribution in [0, 0.1) is 0 Å². The zero-order valence-electron chi connectivity index (χ0n) is 7.15. The maximum absolute atomic E-state index is 10.5. The number of hydrogen-bond donors (Lipinski definition) is 0. The molecule has 0 radical (unpaired) electrons. The molecule has 0 bridgehead atoms. The van der Waals surface area contributed by atoms with E-state index < -0.39 is 0 Å². The first kappa shape index (κ1) is 9.22. The van der Waals surface area contributed by atoms with Gasteiger partial charge in [-0.3, -0.25) is 4.79 Å². The summed E-state index contributed by atoms with van der Waals surface area (Å²) in [5.74, 6) is -0.302. The van der Waals surface area contributed by atoms with Gasteiger partial charge in [-0.05, 0) is 12.2 Å². The molecule has 0 aromatic carbocycles. The van der Waals surface area contributed by atoms with Crippen LogP contribution in [0.4, 0.5) is 0 Å². The van der Waals surface area contributed by atoms with E-state index in [0.29, 0.717) is 6.61 Å². The van der Waals surface area contributed by atoms with E-state index >= 15 is 0 Å². The van der Waals surface area contributed by atoms with Gasteiger partial charge in [-0.1, -0.05) is 0 Å². The highest BCUT2D eigenvalue weighted by atomic mass is 16.7. The monoisotopic (exact) mass is 172 g/mol. The summed E-state index contributed by atoms with van der Waals surface area (Å²) < 4.78 is 14.9. The fourth-order valence-corrected chi connectivity index (χ4v) is 0.949. The summed E-state index contributed by atoms with van der Waals surface area (Å²) in [6.07, 6.45) is 2.90. The van der Waals surface area contributed by atoms with Crippen LogP contribution in [0.3, 0.4) is 0 Å². The Hall–Kier alpha value is -0.870. The molecule has 4 nitrogen and oxygen atoms in total. The molecule has 68 valence electrons. The Balaban J connectivity index is 2.37. The molecule has 0 aliphatic carbocycles. The number of rotatable bonds is 2. The molecule has 4 heteroatoms. The predicted molar refractivity (Wildman–Crippen MR) is 41.4 cm³/mol. The lowest BCUT2D eigenvalue weighted by Gasteiger charge is -2.21. The lowest BCUT2D eigenvalue weighted by atomic mass is 10.3. The van der Waals surface area contributed by atoms with E-state index in [2.05, 4.69) is 0 Å². The van der Waals surface area contributed by atoms with Crippen LogP contribution in [0.2, 0.25) is 0 Å². The number of carbonyl (C=O) groups excluding carboxylic acids is 1. The van der Waals surface area contributed by atoms with Crippen LogP contribution in [0.5, 0.6) is 0 Å². The van der Waals surface area contributed by atoms with Crippen molar-refractivity contribution in [1.29, 1.82) is 0 Å². The molecule has 0 N–H and O–H groups in total. The second-order valence-electron chi connectivity index (χ2n) is 2.47. The van der Waals surface area contributed by atoms with E-state index in [1.807, 2.05) is 0 Å². The van der Waals surface area contributed by atoms with Gasteiger partial charge in [0.2, 0.25) is 0 Å². The molecule has 0 aromatic rings. The van der Waals surface area contributed by atoms with Crippen molar-refractivity contribution in [1.82, 2.24) is 0 Å². The third kappa shape index (κ3) is 2.64. The average Bonchev–Trinajstić information content (AvgIpc) is 2.05. The fourth-order valence-electron chi connectivity index (χ4n) is 0.949. The van der Waals surface area contributed by atoms with Crippen molar-refractivity contribution in [3.05, 3.63) is 12.2 Å². The summed E-state index contributed by atoms with van der Waals surface area (Å²) in [6.45, 7) is 1.73. The lowest BCUT2D eigenvalue weighted by Crippen LogP contribution is -2.28. The van der Waals surface area contributed by atoms with Gasteiger partial charge >= 0.3 is 5.97 Å². The van der Waals surface area contributed by atoms with Crippen LogP contribution in [0.15, 0.2) is 12.2 Å². The van der Waals surface area contributed by atoms with E-state index in [-0.39, 0.29) is 18.4 Å². The predicted octanol–water partition coefficient (Wildman–Crippen LogP) is 0.477. The maximum Gasteiger partial charge on any atom is 0.303 e. The number of ether oxygens (including phenoxy) is 3. The molecule has 0 fully saturated rings. The zero-order chi connectivity index (χ0) is 8.97. The standard InChI is InChI=1S/C8H12O4/c1-6(9)12-7-3-4-8(10-2)11-5-7/h3-4,7-8H,5H2,1-2H3. The minimum atomic E-state index is -0.309. The Bertz CT molecular complexity index is 187. The molecule has 0 saturated heterocycles. The summed E-state index contributed by atoms with van der Waals surface area (Å²) in [7, 11) is 1.56. The quantitative estimate of drug-likeness (QED) is 0.449. The van der Waals surface area contributed by atoms with Crippen molar-refractivity contribution in [2.75, 3.05) is 13.7 Å². The van der Waals surface area contributed by atoms with Crippen LogP contribution < -0.4 is 0 Å². The zero-order valence-corrected chi connectivity index (χ0v) is 7.15. The Labute approximate surface area is 71.1 Å². The largest absolute Gasteiger partial charge is 0.456 e. The molecule has 2 atom stereocenters. The molecule has 2 unspecified atom stereocenters. The number of carbonyl (C=O) groups is 1. The molecular formula is C8H12O4. The fraction of sp³-hybridized carbons (Fsp3) is 0.625. The van der Waals surface area contributed by atoms with Gasteiger partial charge in [0.15, 0.2) is 6.29 Å². The average molecular weight is 172 g/mol. The smallest absolute Gasteiger partial charge is 0.303 e. The SMILES string of the molecule is COC1C=CC(OC(C)=O)CO1. The highest BCUT2D eigenvalue weighted by molar-refractivity contribution is 5.66. The topological polar surface area (TPSA) is 44.8 Å². The Morgan fingerprint density at radius 2 is 2.33 bits per heavy atom. The molecule has 0 spiro atoms. The molecule has 1 heterocycles. The van der Waals surface area contributed by atoms with Crippen molar-refractivity contribution < 1.29 is 19.0 Å². The summed E-state index contributed by atoms with van der Waals surface area (Å²) in [6, 6.07) is 0. The Morgan fingerprint density at radius 1 is 1.58 bits per heavy atom. The van der Waals surface area contributed by atoms with Gasteiger partial charge in [0.25, 0.3) is 0 Å². The summed E-state index contributed by atoms with van der Waals surface area (Å²) in [5.41, 5.74) is 0. The van der Waals surface area contributed by atoms with Crippen LogP contribution in [0.1, 0.15) is 6.92 Å². The van der Waals surface area contributed by atoms with Gasteiger partial charge in [-0.15, -0.1) is 0 Å². The highest BCUT2D eigenvalue weighted by Crippen LogP contribution is 2.08.